The molecule has 212 valence electrons. The van der Waals surface area contributed by atoms with E-state index < -0.39 is 17.8 Å². The second-order valence-electron chi connectivity index (χ2n) is 8.52. The molecule has 0 bridgehead atoms. The summed E-state index contributed by atoms with van der Waals surface area (Å²) in [7, 11) is 3.02. The Morgan fingerprint density at radius 2 is 1.62 bits per heavy atom. The molecule has 2 N–H and O–H groups in total. The van der Waals surface area contributed by atoms with Crippen molar-refractivity contribution in [1.82, 2.24) is 10.7 Å². The highest BCUT2D eigenvalue weighted by atomic mass is 16.5. The van der Waals surface area contributed by atoms with Crippen LogP contribution in [-0.4, -0.2) is 38.2 Å². The minimum absolute atomic E-state index is 0.0608. The van der Waals surface area contributed by atoms with E-state index in [4.69, 9.17) is 18.6 Å². The fourth-order valence-corrected chi connectivity index (χ4v) is 3.57. The van der Waals surface area contributed by atoms with Crippen LogP contribution in [0.2, 0.25) is 0 Å². The van der Waals surface area contributed by atoms with Crippen LogP contribution in [0.15, 0.2) is 112 Å². The van der Waals surface area contributed by atoms with Crippen molar-refractivity contribution < 1.29 is 33.0 Å². The van der Waals surface area contributed by atoms with Gasteiger partial charge in [0, 0.05) is 23.3 Å². The Balaban J connectivity index is 1.44. The normalized spacial score (nSPS) is 11.3. The molecular formula is C32H27N3O7. The van der Waals surface area contributed by atoms with E-state index >= 15 is 0 Å². The number of nitrogens with zero attached hydrogens (tertiary/aromatic N) is 1. The first-order valence-corrected chi connectivity index (χ1v) is 12.6. The van der Waals surface area contributed by atoms with Crippen molar-refractivity contribution in [3.05, 3.63) is 125 Å². The maximum absolute atomic E-state index is 13.1. The van der Waals surface area contributed by atoms with Gasteiger partial charge in [0.25, 0.3) is 11.8 Å². The van der Waals surface area contributed by atoms with Gasteiger partial charge in [0.2, 0.25) is 0 Å². The quantitative estimate of drug-likeness (QED) is 0.0876. The fraction of sp³-hybridized carbons (Fsp3) is 0.0625. The van der Waals surface area contributed by atoms with Crippen LogP contribution < -0.4 is 25.0 Å². The molecule has 4 aromatic rings. The summed E-state index contributed by atoms with van der Waals surface area (Å²) in [6.07, 6.45) is 7.15. The minimum Gasteiger partial charge on any atom is -0.497 e. The molecule has 42 heavy (non-hydrogen) atoms. The lowest BCUT2D eigenvalue weighted by atomic mass is 10.1. The van der Waals surface area contributed by atoms with Crippen molar-refractivity contribution in [2.45, 2.75) is 0 Å². The Hall–Kier alpha value is -5.90. The number of carbonyl (C=O) groups excluding carboxylic acids is 3. The van der Waals surface area contributed by atoms with E-state index in [0.29, 0.717) is 39.7 Å². The molecular weight excluding hydrogens is 538 g/mol. The van der Waals surface area contributed by atoms with E-state index in [2.05, 4.69) is 15.8 Å². The lowest BCUT2D eigenvalue weighted by molar-refractivity contribution is -0.129. The summed E-state index contributed by atoms with van der Waals surface area (Å²) in [5.41, 5.74) is 3.89. The second kappa shape index (κ2) is 14.5. The standard InChI is InChI=1S/C32H27N3O7/c1-39-27-15-12-24(29(20-27)40-2)19-28(34-31(37)23-7-4-3-5-8-23)32(38)35-33-21-22-10-13-26(14-11-22)42-30(36)17-16-25-9-6-18-41-25/h3-21H,1-2H3,(H,34,37)(H,35,38). The molecule has 1 heterocycles. The van der Waals surface area contributed by atoms with Crippen molar-refractivity contribution in [2.24, 2.45) is 5.10 Å². The number of hydrogen-bond acceptors (Lipinski definition) is 8. The maximum atomic E-state index is 13.1. The van der Waals surface area contributed by atoms with Crippen molar-refractivity contribution >= 4 is 36.2 Å². The second-order valence-corrected chi connectivity index (χ2v) is 8.52. The van der Waals surface area contributed by atoms with Crippen molar-refractivity contribution in [3.63, 3.8) is 0 Å². The summed E-state index contributed by atoms with van der Waals surface area (Å²) in [5, 5.41) is 6.65. The number of amides is 2. The van der Waals surface area contributed by atoms with Crippen LogP contribution in [0.1, 0.15) is 27.2 Å². The molecule has 0 aliphatic heterocycles. The van der Waals surface area contributed by atoms with Gasteiger partial charge in [-0.2, -0.15) is 5.10 Å². The number of rotatable bonds is 11. The van der Waals surface area contributed by atoms with E-state index in [9.17, 15) is 14.4 Å². The zero-order chi connectivity index (χ0) is 29.7. The highest BCUT2D eigenvalue weighted by molar-refractivity contribution is 6.05. The third-order valence-corrected chi connectivity index (χ3v) is 5.67. The SMILES string of the molecule is COc1ccc(C=C(NC(=O)c2ccccc2)C(=O)NN=Cc2ccc(OC(=O)C=Cc3ccco3)cc2)c(OC)c1. The molecule has 10 nitrogen and oxygen atoms in total. The number of methoxy groups -OCH3 is 2. The molecule has 0 spiro atoms. The number of hydrogen-bond donors (Lipinski definition) is 2. The molecule has 0 unspecified atom stereocenters. The predicted octanol–water partition coefficient (Wildman–Crippen LogP) is 4.84. The summed E-state index contributed by atoms with van der Waals surface area (Å²) in [6.45, 7) is 0. The van der Waals surface area contributed by atoms with Gasteiger partial charge < -0.3 is 23.9 Å². The maximum Gasteiger partial charge on any atom is 0.336 e. The van der Waals surface area contributed by atoms with E-state index in [1.54, 1.807) is 84.9 Å². The zero-order valence-electron chi connectivity index (χ0n) is 22.8. The van der Waals surface area contributed by atoms with Crippen LogP contribution in [0.4, 0.5) is 0 Å². The average molecular weight is 566 g/mol. The molecule has 0 fully saturated rings. The number of esters is 1. The van der Waals surface area contributed by atoms with Gasteiger partial charge in [-0.25, -0.2) is 10.2 Å². The summed E-state index contributed by atoms with van der Waals surface area (Å²) < 4.78 is 21.0. The summed E-state index contributed by atoms with van der Waals surface area (Å²) in [5.74, 6) is 0.160. The first kappa shape index (κ1) is 29.1. The topological polar surface area (TPSA) is 128 Å². The minimum atomic E-state index is -0.665. The monoisotopic (exact) mass is 565 g/mol. The molecule has 1 aromatic heterocycles. The Bertz CT molecular complexity index is 1610. The van der Waals surface area contributed by atoms with E-state index in [1.165, 1.54) is 44.9 Å². The van der Waals surface area contributed by atoms with Crippen LogP contribution in [0, 0.1) is 0 Å². The number of carbonyl (C=O) groups is 3. The highest BCUT2D eigenvalue weighted by Crippen LogP contribution is 2.26. The Morgan fingerprint density at radius 1 is 0.857 bits per heavy atom. The first-order valence-electron chi connectivity index (χ1n) is 12.6. The Kier molecular flexibility index (Phi) is 10.0. The van der Waals surface area contributed by atoms with Gasteiger partial charge in [-0.1, -0.05) is 18.2 Å². The van der Waals surface area contributed by atoms with Crippen molar-refractivity contribution in [1.29, 1.82) is 0 Å². The van der Waals surface area contributed by atoms with Gasteiger partial charge in [-0.05, 0) is 78.4 Å². The lowest BCUT2D eigenvalue weighted by Crippen LogP contribution is -2.32. The van der Waals surface area contributed by atoms with Crippen molar-refractivity contribution in [2.75, 3.05) is 14.2 Å². The number of nitrogens with one attached hydrogen (secondary N) is 2. The van der Waals surface area contributed by atoms with Gasteiger partial charge in [0.15, 0.2) is 0 Å². The number of hydrazone groups is 1. The van der Waals surface area contributed by atoms with Gasteiger partial charge in [-0.15, -0.1) is 0 Å². The van der Waals surface area contributed by atoms with E-state index in [1.807, 2.05) is 0 Å². The fourth-order valence-electron chi connectivity index (χ4n) is 3.57. The first-order chi connectivity index (χ1) is 20.4. The molecule has 10 heteroatoms. The van der Waals surface area contributed by atoms with Crippen LogP contribution in [0.3, 0.4) is 0 Å². The van der Waals surface area contributed by atoms with Gasteiger partial charge >= 0.3 is 5.97 Å². The zero-order valence-corrected chi connectivity index (χ0v) is 22.8. The van der Waals surface area contributed by atoms with Crippen molar-refractivity contribution in [3.8, 4) is 17.2 Å². The molecule has 0 aliphatic carbocycles. The number of benzene rings is 3. The van der Waals surface area contributed by atoms with E-state index in [-0.39, 0.29) is 5.70 Å². The van der Waals surface area contributed by atoms with Crippen LogP contribution in [0.25, 0.3) is 12.2 Å². The number of furan rings is 1. The Morgan fingerprint density at radius 3 is 2.31 bits per heavy atom. The van der Waals surface area contributed by atoms with E-state index in [0.717, 1.165) is 0 Å². The Labute approximate surface area is 241 Å². The molecule has 0 radical (unpaired) electrons. The van der Waals surface area contributed by atoms with Crippen LogP contribution in [-0.2, 0) is 9.59 Å². The number of ether oxygens (including phenoxy) is 3. The van der Waals surface area contributed by atoms with Gasteiger partial charge in [-0.3, -0.25) is 9.59 Å². The van der Waals surface area contributed by atoms with Gasteiger partial charge in [0.1, 0.15) is 28.7 Å². The summed E-state index contributed by atoms with van der Waals surface area (Å²) in [4.78, 5) is 37.9. The summed E-state index contributed by atoms with van der Waals surface area (Å²) in [6, 6.07) is 23.5. The molecule has 0 saturated carbocycles. The molecule has 2 amide bonds. The van der Waals surface area contributed by atoms with Crippen LogP contribution >= 0.6 is 0 Å². The summed E-state index contributed by atoms with van der Waals surface area (Å²) >= 11 is 0. The third-order valence-electron chi connectivity index (χ3n) is 5.67. The molecule has 3 aromatic carbocycles. The largest absolute Gasteiger partial charge is 0.497 e. The van der Waals surface area contributed by atoms with Gasteiger partial charge in [0.05, 0.1) is 26.7 Å². The predicted molar refractivity (Wildman–Crippen MR) is 157 cm³/mol. The molecule has 4 rings (SSSR count). The molecule has 0 atom stereocenters. The molecule has 0 saturated heterocycles. The highest BCUT2D eigenvalue weighted by Gasteiger charge is 2.16. The van der Waals surface area contributed by atoms with Crippen LogP contribution in [0.5, 0.6) is 17.2 Å². The third kappa shape index (κ3) is 8.30. The average Bonchev–Trinajstić information content (AvgIpc) is 3.55. The molecule has 0 aliphatic rings. The smallest absolute Gasteiger partial charge is 0.336 e. The lowest BCUT2D eigenvalue weighted by Gasteiger charge is -2.11.